The predicted octanol–water partition coefficient (Wildman–Crippen LogP) is 5.91. The van der Waals surface area contributed by atoms with E-state index in [4.69, 9.17) is 11.6 Å². The van der Waals surface area contributed by atoms with Gasteiger partial charge in [0, 0.05) is 30.9 Å². The van der Waals surface area contributed by atoms with Crippen LogP contribution in [-0.4, -0.2) is 26.1 Å². The topological polar surface area (TPSA) is 59.4 Å². The number of hydrogen-bond donors (Lipinski definition) is 0. The maximum absolute atomic E-state index is 15.4. The van der Waals surface area contributed by atoms with Gasteiger partial charge in [0.1, 0.15) is 10.7 Å². The molecule has 0 radical (unpaired) electrons. The number of anilines is 1. The molecule has 1 saturated heterocycles. The summed E-state index contributed by atoms with van der Waals surface area (Å²) < 4.78 is 44.1. The summed E-state index contributed by atoms with van der Waals surface area (Å²) >= 11 is 6.03. The van der Waals surface area contributed by atoms with Crippen molar-refractivity contribution in [3.05, 3.63) is 99.6 Å². The van der Waals surface area contributed by atoms with Crippen molar-refractivity contribution in [3.8, 4) is 0 Å². The molecule has 2 heterocycles. The normalized spacial score (nSPS) is 14.9. The minimum atomic E-state index is -4.20. The number of rotatable bonds is 5. The Morgan fingerprint density at radius 1 is 1.00 bits per heavy atom. The van der Waals surface area contributed by atoms with Crippen LogP contribution in [-0.2, 0) is 16.4 Å². The van der Waals surface area contributed by atoms with Crippen LogP contribution in [0.2, 0.25) is 5.02 Å². The number of pyridine rings is 1. The zero-order valence-corrected chi connectivity index (χ0v) is 21.4. The standard InChI is InChI=1S/C28H26ClFN2O3S/c1-19-10-12-31(13-11-19)26-16-25-23(15-24(26)30)28(33)27(18-32(25)17-20-6-3-2-4-7-20)36(34,35)22-9-5-8-21(29)14-22/h2-9,14-16,18-19H,10-13,17H2,1H3. The van der Waals surface area contributed by atoms with Crippen LogP contribution in [0.1, 0.15) is 25.3 Å². The summed E-state index contributed by atoms with van der Waals surface area (Å²) in [5.74, 6) is 0.0537. The molecule has 1 aliphatic heterocycles. The Kier molecular flexibility index (Phi) is 6.62. The highest BCUT2D eigenvalue weighted by atomic mass is 35.5. The van der Waals surface area contributed by atoms with E-state index in [0.29, 0.717) is 23.7 Å². The molecule has 0 amide bonds. The highest BCUT2D eigenvalue weighted by molar-refractivity contribution is 7.91. The van der Waals surface area contributed by atoms with Crippen LogP contribution in [0.3, 0.4) is 0 Å². The highest BCUT2D eigenvalue weighted by Crippen LogP contribution is 2.30. The monoisotopic (exact) mass is 524 g/mol. The third kappa shape index (κ3) is 4.65. The third-order valence-electron chi connectivity index (χ3n) is 6.83. The van der Waals surface area contributed by atoms with Gasteiger partial charge in [-0.25, -0.2) is 12.8 Å². The zero-order chi connectivity index (χ0) is 25.4. The molecule has 0 spiro atoms. The second kappa shape index (κ2) is 9.71. The Morgan fingerprint density at radius 2 is 1.72 bits per heavy atom. The van der Waals surface area contributed by atoms with Crippen molar-refractivity contribution in [3.63, 3.8) is 0 Å². The maximum Gasteiger partial charge on any atom is 0.211 e. The maximum atomic E-state index is 15.4. The third-order valence-corrected chi connectivity index (χ3v) is 8.81. The second-order valence-electron chi connectivity index (χ2n) is 9.39. The van der Waals surface area contributed by atoms with E-state index >= 15 is 4.39 Å². The summed E-state index contributed by atoms with van der Waals surface area (Å²) in [4.78, 5) is 15.0. The van der Waals surface area contributed by atoms with Crippen LogP contribution in [0, 0.1) is 11.7 Å². The molecule has 5 nitrogen and oxygen atoms in total. The molecule has 0 unspecified atom stereocenters. The van der Waals surface area contributed by atoms with Crippen LogP contribution >= 0.6 is 11.6 Å². The molecule has 0 N–H and O–H groups in total. The van der Waals surface area contributed by atoms with Gasteiger partial charge < -0.3 is 9.47 Å². The number of aromatic nitrogens is 1. The largest absolute Gasteiger partial charge is 0.369 e. The highest BCUT2D eigenvalue weighted by Gasteiger charge is 2.26. The van der Waals surface area contributed by atoms with Gasteiger partial charge >= 0.3 is 0 Å². The molecule has 3 aromatic carbocycles. The fraction of sp³-hybridized carbons (Fsp3) is 0.250. The lowest BCUT2D eigenvalue weighted by Crippen LogP contribution is -2.33. The first-order valence-corrected chi connectivity index (χ1v) is 13.8. The number of halogens is 2. The van der Waals surface area contributed by atoms with Gasteiger partial charge in [-0.3, -0.25) is 4.79 Å². The van der Waals surface area contributed by atoms with Crippen molar-refractivity contribution < 1.29 is 12.8 Å². The first-order valence-electron chi connectivity index (χ1n) is 11.9. The molecule has 1 aromatic heterocycles. The number of piperidine rings is 1. The molecular formula is C28H26ClFN2O3S. The molecule has 0 saturated carbocycles. The van der Waals surface area contributed by atoms with Crippen molar-refractivity contribution in [2.24, 2.45) is 5.92 Å². The quantitative estimate of drug-likeness (QED) is 0.325. The van der Waals surface area contributed by atoms with E-state index in [0.717, 1.165) is 31.5 Å². The molecule has 4 aromatic rings. The molecule has 0 aliphatic carbocycles. The van der Waals surface area contributed by atoms with E-state index in [1.54, 1.807) is 16.7 Å². The van der Waals surface area contributed by atoms with Gasteiger partial charge in [-0.1, -0.05) is 54.9 Å². The first kappa shape index (κ1) is 24.5. The molecule has 0 bridgehead atoms. The average Bonchev–Trinajstić information content (AvgIpc) is 2.87. The van der Waals surface area contributed by atoms with Crippen molar-refractivity contribution >= 4 is 38.0 Å². The van der Waals surface area contributed by atoms with Crippen LogP contribution < -0.4 is 10.3 Å². The van der Waals surface area contributed by atoms with E-state index in [-0.39, 0.29) is 15.3 Å². The van der Waals surface area contributed by atoms with Crippen molar-refractivity contribution in [1.82, 2.24) is 4.57 Å². The number of nitrogens with zero attached hydrogens (tertiary/aromatic N) is 2. The predicted molar refractivity (Wildman–Crippen MR) is 141 cm³/mol. The fourth-order valence-corrected chi connectivity index (χ4v) is 6.40. The van der Waals surface area contributed by atoms with Gasteiger partial charge in [0.05, 0.1) is 21.5 Å². The first-order chi connectivity index (χ1) is 17.2. The lowest BCUT2D eigenvalue weighted by Gasteiger charge is -2.32. The number of hydrogen-bond acceptors (Lipinski definition) is 4. The Balaban J connectivity index is 1.73. The molecule has 36 heavy (non-hydrogen) atoms. The van der Waals surface area contributed by atoms with Crippen LogP contribution in [0.25, 0.3) is 10.9 Å². The summed E-state index contributed by atoms with van der Waals surface area (Å²) in [6.45, 7) is 3.97. The Labute approximate surface area is 214 Å². The van der Waals surface area contributed by atoms with Crippen LogP contribution in [0.4, 0.5) is 10.1 Å². The lowest BCUT2D eigenvalue weighted by atomic mass is 9.98. The summed E-state index contributed by atoms with van der Waals surface area (Å²) in [5.41, 5.74) is 1.11. The van der Waals surface area contributed by atoms with Gasteiger partial charge in [0.25, 0.3) is 0 Å². The fourth-order valence-electron chi connectivity index (χ4n) is 4.73. The summed E-state index contributed by atoms with van der Waals surface area (Å²) in [6, 6.07) is 18.2. The Bertz CT molecular complexity index is 1590. The summed E-state index contributed by atoms with van der Waals surface area (Å²) in [7, 11) is -4.20. The zero-order valence-electron chi connectivity index (χ0n) is 19.8. The average molecular weight is 525 g/mol. The molecule has 5 rings (SSSR count). The van der Waals surface area contributed by atoms with E-state index in [1.165, 1.54) is 30.5 Å². The summed E-state index contributed by atoms with van der Waals surface area (Å²) in [5, 5.41) is 0.272. The number of sulfone groups is 1. The van der Waals surface area contributed by atoms with E-state index in [2.05, 4.69) is 6.92 Å². The number of fused-ring (bicyclic) bond motifs is 1. The van der Waals surface area contributed by atoms with Crippen molar-refractivity contribution in [2.45, 2.75) is 36.1 Å². The molecule has 8 heteroatoms. The minimum absolute atomic E-state index is 0.0284. The lowest BCUT2D eigenvalue weighted by molar-refractivity contribution is 0.434. The molecule has 0 atom stereocenters. The summed E-state index contributed by atoms with van der Waals surface area (Å²) in [6.07, 6.45) is 3.30. The Hall–Kier alpha value is -3.16. The van der Waals surface area contributed by atoms with Crippen LogP contribution in [0.5, 0.6) is 0 Å². The molecule has 1 fully saturated rings. The SMILES string of the molecule is CC1CCN(c2cc3c(cc2F)c(=O)c(S(=O)(=O)c2cccc(Cl)c2)cn3Cc2ccccc2)CC1. The van der Waals surface area contributed by atoms with Gasteiger partial charge in [-0.15, -0.1) is 0 Å². The van der Waals surface area contributed by atoms with Crippen molar-refractivity contribution in [2.75, 3.05) is 18.0 Å². The van der Waals surface area contributed by atoms with Gasteiger partial charge in [0.2, 0.25) is 15.3 Å². The van der Waals surface area contributed by atoms with E-state index in [9.17, 15) is 13.2 Å². The minimum Gasteiger partial charge on any atom is -0.369 e. The smallest absolute Gasteiger partial charge is 0.211 e. The van der Waals surface area contributed by atoms with E-state index < -0.39 is 26.0 Å². The van der Waals surface area contributed by atoms with Crippen molar-refractivity contribution in [1.29, 1.82) is 0 Å². The van der Waals surface area contributed by atoms with Gasteiger partial charge in [0.15, 0.2) is 0 Å². The second-order valence-corrected chi connectivity index (χ2v) is 11.7. The molecule has 186 valence electrons. The number of benzene rings is 3. The van der Waals surface area contributed by atoms with Crippen LogP contribution in [0.15, 0.2) is 87.5 Å². The van der Waals surface area contributed by atoms with Gasteiger partial charge in [-0.05, 0) is 54.7 Å². The van der Waals surface area contributed by atoms with Gasteiger partial charge in [-0.2, -0.15) is 0 Å². The van der Waals surface area contributed by atoms with E-state index in [1.807, 2.05) is 35.2 Å². The molecule has 1 aliphatic rings. The Morgan fingerprint density at radius 3 is 2.42 bits per heavy atom. The molecular weight excluding hydrogens is 499 g/mol.